The van der Waals surface area contributed by atoms with Crippen LogP contribution in [0.25, 0.3) is 5.57 Å². The minimum Gasteiger partial charge on any atom is -0.394 e. The molecule has 2 fully saturated rings. The molecule has 3 heterocycles. The van der Waals surface area contributed by atoms with Gasteiger partial charge >= 0.3 is 6.03 Å². The van der Waals surface area contributed by atoms with Gasteiger partial charge in [0.2, 0.25) is 0 Å². The number of hydrogen-bond donors (Lipinski definition) is 4. The number of benzene rings is 1. The summed E-state index contributed by atoms with van der Waals surface area (Å²) < 4.78 is 5.65. The molecule has 0 radical (unpaired) electrons. The number of aliphatic hydroxyl groups is 2. The Morgan fingerprint density at radius 3 is 2.77 bits per heavy atom. The summed E-state index contributed by atoms with van der Waals surface area (Å²) in [5, 5.41) is 25.4. The van der Waals surface area contributed by atoms with Gasteiger partial charge in [0.15, 0.2) is 6.23 Å². The Balaban J connectivity index is 1.68. The van der Waals surface area contributed by atoms with E-state index in [1.807, 2.05) is 30.3 Å². The number of urea groups is 1. The molecule has 3 aliphatic heterocycles. The van der Waals surface area contributed by atoms with E-state index in [-0.39, 0.29) is 18.8 Å². The lowest BCUT2D eigenvalue weighted by Crippen LogP contribution is -2.52. The van der Waals surface area contributed by atoms with Crippen molar-refractivity contribution < 1.29 is 19.7 Å². The first-order valence-electron chi connectivity index (χ1n) is 7.25. The van der Waals surface area contributed by atoms with Crippen LogP contribution in [0, 0.1) is 0 Å². The van der Waals surface area contributed by atoms with Crippen LogP contribution in [0.1, 0.15) is 5.56 Å². The second-order valence-corrected chi connectivity index (χ2v) is 5.66. The predicted octanol–water partition coefficient (Wildman–Crippen LogP) is -0.571. The molecule has 0 bridgehead atoms. The van der Waals surface area contributed by atoms with Gasteiger partial charge in [0.25, 0.3) is 0 Å². The van der Waals surface area contributed by atoms with Gasteiger partial charge in [-0.05, 0) is 5.56 Å². The first kappa shape index (κ1) is 13.7. The molecule has 116 valence electrons. The van der Waals surface area contributed by atoms with Crippen molar-refractivity contribution in [1.82, 2.24) is 15.5 Å². The van der Waals surface area contributed by atoms with E-state index in [1.165, 1.54) is 0 Å². The smallest absolute Gasteiger partial charge is 0.325 e. The first-order chi connectivity index (χ1) is 10.7. The summed E-state index contributed by atoms with van der Waals surface area (Å²) in [5.74, 6) is 0. The molecule has 2 amide bonds. The zero-order valence-electron chi connectivity index (χ0n) is 11.7. The lowest BCUT2D eigenvalue weighted by Gasteiger charge is -2.33. The third-order valence-corrected chi connectivity index (χ3v) is 4.44. The first-order valence-corrected chi connectivity index (χ1v) is 7.25. The van der Waals surface area contributed by atoms with E-state index in [9.17, 15) is 15.0 Å². The van der Waals surface area contributed by atoms with E-state index in [1.54, 1.807) is 11.1 Å². The Morgan fingerprint density at radius 1 is 1.27 bits per heavy atom. The maximum atomic E-state index is 12.2. The number of carbonyl (C=O) groups excluding carboxylic acids is 1. The Hall–Kier alpha value is -1.93. The number of fused-ring (bicyclic) bond motifs is 3. The van der Waals surface area contributed by atoms with Crippen molar-refractivity contribution in [3.8, 4) is 0 Å². The number of ether oxygens (including phenoxy) is 1. The van der Waals surface area contributed by atoms with E-state index in [4.69, 9.17) is 4.74 Å². The Kier molecular flexibility index (Phi) is 3.16. The fourth-order valence-electron chi connectivity index (χ4n) is 3.36. The highest BCUT2D eigenvalue weighted by Gasteiger charge is 2.56. The van der Waals surface area contributed by atoms with E-state index in [0.717, 1.165) is 11.1 Å². The normalized spacial score (nSPS) is 36.6. The third kappa shape index (κ3) is 1.87. The quantitative estimate of drug-likeness (QED) is 0.587. The van der Waals surface area contributed by atoms with Gasteiger partial charge in [0.05, 0.1) is 12.6 Å². The van der Waals surface area contributed by atoms with Crippen LogP contribution >= 0.6 is 0 Å². The molecule has 0 saturated carbocycles. The molecule has 4 rings (SSSR count). The van der Waals surface area contributed by atoms with E-state index in [2.05, 4.69) is 10.6 Å². The van der Waals surface area contributed by atoms with Crippen LogP contribution in [-0.4, -0.2) is 58.4 Å². The van der Waals surface area contributed by atoms with Gasteiger partial charge in [0.1, 0.15) is 18.4 Å². The van der Waals surface area contributed by atoms with E-state index in [0.29, 0.717) is 0 Å². The van der Waals surface area contributed by atoms with Gasteiger partial charge < -0.3 is 20.3 Å². The zero-order chi connectivity index (χ0) is 15.3. The molecule has 5 atom stereocenters. The van der Waals surface area contributed by atoms with Crippen molar-refractivity contribution in [2.45, 2.75) is 30.6 Å². The third-order valence-electron chi connectivity index (χ3n) is 4.44. The topological polar surface area (TPSA) is 94.1 Å². The zero-order valence-corrected chi connectivity index (χ0v) is 11.7. The molecule has 4 N–H and O–H groups in total. The molecule has 3 aliphatic rings. The number of amides is 2. The average Bonchev–Trinajstić information content (AvgIpc) is 3.06. The molecule has 22 heavy (non-hydrogen) atoms. The molecule has 1 unspecified atom stereocenters. The fourth-order valence-corrected chi connectivity index (χ4v) is 3.36. The second-order valence-electron chi connectivity index (χ2n) is 5.66. The molecule has 7 nitrogen and oxygen atoms in total. The lowest BCUT2D eigenvalue weighted by atomic mass is 10.0. The number of nitrogens with one attached hydrogen (secondary N) is 2. The molecular weight excluding hydrogens is 286 g/mol. The van der Waals surface area contributed by atoms with Crippen LogP contribution < -0.4 is 10.6 Å². The Morgan fingerprint density at radius 2 is 2.05 bits per heavy atom. The summed E-state index contributed by atoms with van der Waals surface area (Å²) in [7, 11) is 0. The maximum absolute atomic E-state index is 12.2. The van der Waals surface area contributed by atoms with Gasteiger partial charge in [-0.15, -0.1) is 0 Å². The highest BCUT2D eigenvalue weighted by molar-refractivity contribution is 5.86. The SMILES string of the molecule is O=C1NC=C(c2ccccc2)C2N[C@H]3[C@H](O)[C@@H](CO)O[C@H]3N12. The highest BCUT2D eigenvalue weighted by Crippen LogP contribution is 2.36. The fraction of sp³-hybridized carbons (Fsp3) is 0.400. The van der Waals surface area contributed by atoms with Crippen LogP contribution in [0.4, 0.5) is 4.79 Å². The highest BCUT2D eigenvalue weighted by atomic mass is 16.6. The van der Waals surface area contributed by atoms with Crippen molar-refractivity contribution >= 4 is 11.6 Å². The number of carbonyl (C=O) groups is 1. The average molecular weight is 303 g/mol. The Labute approximate surface area is 127 Å². The second kappa shape index (κ2) is 5.06. The number of rotatable bonds is 2. The van der Waals surface area contributed by atoms with Crippen molar-refractivity contribution in [2.75, 3.05) is 6.61 Å². The summed E-state index contributed by atoms with van der Waals surface area (Å²) in [6.07, 6.45) is -0.805. The van der Waals surface area contributed by atoms with Crippen molar-refractivity contribution in [3.05, 3.63) is 42.1 Å². The molecule has 7 heteroatoms. The van der Waals surface area contributed by atoms with Gasteiger partial charge in [-0.3, -0.25) is 10.2 Å². The molecule has 2 saturated heterocycles. The van der Waals surface area contributed by atoms with E-state index < -0.39 is 24.5 Å². The van der Waals surface area contributed by atoms with Crippen LogP contribution in [-0.2, 0) is 4.74 Å². The number of nitrogens with zero attached hydrogens (tertiary/aromatic N) is 1. The van der Waals surface area contributed by atoms with Crippen molar-refractivity contribution in [3.63, 3.8) is 0 Å². The van der Waals surface area contributed by atoms with Crippen molar-refractivity contribution in [1.29, 1.82) is 0 Å². The molecule has 1 aromatic carbocycles. The van der Waals surface area contributed by atoms with Gasteiger partial charge in [-0.1, -0.05) is 30.3 Å². The number of hydrogen-bond acceptors (Lipinski definition) is 5. The molecule has 0 aromatic heterocycles. The standard InChI is InChI=1S/C15H17N3O4/c19-7-10-12(20)11-14(22-10)18-13(17-11)9(6-16-15(18)21)8-4-2-1-3-5-8/h1-6,10-14,17,19-20H,7H2,(H,16,21)/t10-,11+,12-,13?,14-/m1/s1. The maximum Gasteiger partial charge on any atom is 0.325 e. The summed E-state index contributed by atoms with van der Waals surface area (Å²) in [5.41, 5.74) is 1.89. The van der Waals surface area contributed by atoms with Crippen LogP contribution in [0.15, 0.2) is 36.5 Å². The Bertz CT molecular complexity index is 620. The van der Waals surface area contributed by atoms with E-state index >= 15 is 0 Å². The summed E-state index contributed by atoms with van der Waals surface area (Å²) in [6.45, 7) is -0.280. The predicted molar refractivity (Wildman–Crippen MR) is 77.3 cm³/mol. The van der Waals surface area contributed by atoms with Crippen LogP contribution in [0.2, 0.25) is 0 Å². The monoisotopic (exact) mass is 303 g/mol. The lowest BCUT2D eigenvalue weighted by molar-refractivity contribution is -0.0634. The minimum atomic E-state index is -0.856. The van der Waals surface area contributed by atoms with Gasteiger partial charge in [-0.2, -0.15) is 0 Å². The molecule has 0 aliphatic carbocycles. The summed E-state index contributed by atoms with van der Waals surface area (Å²) >= 11 is 0. The largest absolute Gasteiger partial charge is 0.394 e. The summed E-state index contributed by atoms with van der Waals surface area (Å²) in [6, 6.07) is 9.02. The van der Waals surface area contributed by atoms with Gasteiger partial charge in [0, 0.05) is 11.8 Å². The number of aliphatic hydroxyl groups excluding tert-OH is 2. The van der Waals surface area contributed by atoms with Crippen molar-refractivity contribution in [2.24, 2.45) is 0 Å². The molecule has 1 aromatic rings. The molecular formula is C15H17N3O4. The van der Waals surface area contributed by atoms with Gasteiger partial charge in [-0.25, -0.2) is 4.79 Å². The summed E-state index contributed by atoms with van der Waals surface area (Å²) in [4.78, 5) is 13.8. The van der Waals surface area contributed by atoms with Crippen LogP contribution in [0.3, 0.4) is 0 Å². The minimum absolute atomic E-state index is 0.280. The van der Waals surface area contributed by atoms with Crippen LogP contribution in [0.5, 0.6) is 0 Å². The molecule has 0 spiro atoms.